The van der Waals surface area contributed by atoms with E-state index in [2.05, 4.69) is 19.1 Å². The number of nitrogens with one attached hydrogen (secondary N) is 1. The molecule has 0 aliphatic heterocycles. The molecule has 0 saturated heterocycles. The lowest BCUT2D eigenvalue weighted by Gasteiger charge is -2.48. The minimum atomic E-state index is -4.42. The molecule has 204 valence electrons. The molecule has 11 heteroatoms. The largest absolute Gasteiger partial charge is 0.493 e. The number of ketones is 1. The van der Waals surface area contributed by atoms with Crippen molar-refractivity contribution in [1.82, 2.24) is 5.09 Å². The van der Waals surface area contributed by atoms with Crippen molar-refractivity contribution in [2.24, 2.45) is 17.3 Å². The molecule has 1 aromatic carbocycles. The number of ether oxygens (including phenoxy) is 1. The van der Waals surface area contributed by atoms with Crippen LogP contribution in [0.25, 0.3) is 0 Å². The zero-order chi connectivity index (χ0) is 26.8. The van der Waals surface area contributed by atoms with Crippen molar-refractivity contribution in [2.75, 3.05) is 13.2 Å². The van der Waals surface area contributed by atoms with E-state index in [9.17, 15) is 23.8 Å². The van der Waals surface area contributed by atoms with Gasteiger partial charge in [0.15, 0.2) is 0 Å². The van der Waals surface area contributed by atoms with E-state index < -0.39 is 32.1 Å². The van der Waals surface area contributed by atoms with Crippen LogP contribution in [-0.4, -0.2) is 52.1 Å². The topological polar surface area (TPSA) is 159 Å². The van der Waals surface area contributed by atoms with E-state index in [1.807, 2.05) is 11.2 Å². The molecular weight excluding hydrogens is 501 g/mol. The maximum Gasteiger partial charge on any atom is 0.403 e. The lowest BCUT2D eigenvalue weighted by molar-refractivity contribution is -0.140. The van der Waals surface area contributed by atoms with Gasteiger partial charge in [0.1, 0.15) is 17.6 Å². The van der Waals surface area contributed by atoms with Crippen molar-refractivity contribution in [3.8, 4) is 5.75 Å². The molecule has 2 fully saturated rings. The van der Waals surface area contributed by atoms with Gasteiger partial charge in [-0.15, -0.1) is 0 Å². The van der Waals surface area contributed by atoms with Gasteiger partial charge in [0.25, 0.3) is 0 Å². The van der Waals surface area contributed by atoms with E-state index in [0.29, 0.717) is 30.0 Å². The van der Waals surface area contributed by atoms with Crippen LogP contribution in [0.3, 0.4) is 0 Å². The summed E-state index contributed by atoms with van der Waals surface area (Å²) < 4.78 is 22.9. The number of hydrogen-bond donors (Lipinski definition) is 4. The molecule has 6 atom stereocenters. The fourth-order valence-electron chi connectivity index (χ4n) is 6.60. The van der Waals surface area contributed by atoms with Gasteiger partial charge in [-0.3, -0.25) is 18.9 Å². The third-order valence-corrected chi connectivity index (χ3v) is 9.67. The van der Waals surface area contributed by atoms with Crippen molar-refractivity contribution >= 4 is 25.5 Å². The maximum atomic E-state index is 12.5. The molecule has 0 radical (unpaired) electrons. The minimum Gasteiger partial charge on any atom is -0.493 e. The Morgan fingerprint density at radius 1 is 1.19 bits per heavy atom. The number of carbonyl (C=O) groups is 3. The van der Waals surface area contributed by atoms with Crippen LogP contribution in [0.5, 0.6) is 5.75 Å². The number of aryl methyl sites for hydroxylation is 1. The van der Waals surface area contributed by atoms with Crippen LogP contribution in [0.1, 0.15) is 75.3 Å². The molecule has 0 bridgehead atoms. The van der Waals surface area contributed by atoms with Crippen LogP contribution >= 0.6 is 7.75 Å². The fraction of sp³-hybridized carbons (Fsp3) is 0.654. The SMILES string of the molecule is C[C@]12CCC3c4ccc(OCCCOP(=O)(O)N[C@H](CCC(=O)O)C(=O)O)cc4CCC3C1CCC2=O. The zero-order valence-electron chi connectivity index (χ0n) is 21.1. The van der Waals surface area contributed by atoms with E-state index in [0.717, 1.165) is 44.3 Å². The number of benzene rings is 1. The summed E-state index contributed by atoms with van der Waals surface area (Å²) >= 11 is 0. The van der Waals surface area contributed by atoms with Gasteiger partial charge in [-0.25, -0.2) is 9.65 Å². The molecular formula is C26H36NO9P. The summed E-state index contributed by atoms with van der Waals surface area (Å²) in [5.41, 5.74) is 2.52. The molecule has 1 aromatic rings. The lowest BCUT2D eigenvalue weighted by atomic mass is 9.55. The van der Waals surface area contributed by atoms with Gasteiger partial charge >= 0.3 is 19.7 Å². The van der Waals surface area contributed by atoms with E-state index in [-0.39, 0.29) is 25.0 Å². The van der Waals surface area contributed by atoms with Gasteiger partial charge in [0, 0.05) is 24.7 Å². The lowest BCUT2D eigenvalue weighted by Crippen LogP contribution is -2.42. The standard InChI is InChI=1S/C26H36NO9P/c1-26-12-11-19-18-6-4-17(15-16(18)3-5-20(19)21(26)7-9-23(26)28)35-13-2-14-36-37(33,34)27-22(25(31)32)8-10-24(29)30/h4,6,15,19-22H,2-3,5,7-14H2,1H3,(H,29,30)(H,31,32)(H2,27,33,34)/t19?,20?,21?,22-,26+/m1/s1. The molecule has 4 N–H and O–H groups in total. The average molecular weight is 538 g/mol. The van der Waals surface area contributed by atoms with Crippen molar-refractivity contribution in [2.45, 2.75) is 76.7 Å². The molecule has 0 heterocycles. The molecule has 0 spiro atoms. The van der Waals surface area contributed by atoms with Crippen LogP contribution in [-0.2, 0) is 29.9 Å². The number of Topliss-reactive ketones (excluding diaryl/α,β-unsaturated/α-hetero) is 1. The van der Waals surface area contributed by atoms with Crippen molar-refractivity contribution in [1.29, 1.82) is 0 Å². The summed E-state index contributed by atoms with van der Waals surface area (Å²) in [5.74, 6) is 0.0816. The van der Waals surface area contributed by atoms with Gasteiger partial charge in [-0.1, -0.05) is 13.0 Å². The monoisotopic (exact) mass is 537 g/mol. The highest BCUT2D eigenvalue weighted by molar-refractivity contribution is 7.50. The second-order valence-electron chi connectivity index (χ2n) is 10.7. The second-order valence-corrected chi connectivity index (χ2v) is 12.3. The highest BCUT2D eigenvalue weighted by atomic mass is 31.2. The van der Waals surface area contributed by atoms with E-state index in [4.69, 9.17) is 19.5 Å². The van der Waals surface area contributed by atoms with Gasteiger partial charge in [-0.2, -0.15) is 0 Å². The molecule has 4 unspecified atom stereocenters. The number of rotatable bonds is 12. The van der Waals surface area contributed by atoms with Crippen LogP contribution in [0.15, 0.2) is 18.2 Å². The second kappa shape index (κ2) is 11.2. The predicted octanol–water partition coefficient (Wildman–Crippen LogP) is 3.91. The van der Waals surface area contributed by atoms with E-state index in [1.54, 1.807) is 0 Å². The van der Waals surface area contributed by atoms with Crippen LogP contribution < -0.4 is 9.82 Å². The summed E-state index contributed by atoms with van der Waals surface area (Å²) in [4.78, 5) is 44.2. The Kier molecular flexibility index (Phi) is 8.43. The maximum absolute atomic E-state index is 12.5. The Bertz CT molecular complexity index is 1090. The van der Waals surface area contributed by atoms with Crippen LogP contribution in [0.4, 0.5) is 0 Å². The summed E-state index contributed by atoms with van der Waals surface area (Å²) in [6.07, 6.45) is 5.29. The number of carboxylic acids is 2. The Balaban J connectivity index is 1.25. The predicted molar refractivity (Wildman–Crippen MR) is 133 cm³/mol. The molecule has 37 heavy (non-hydrogen) atoms. The smallest absolute Gasteiger partial charge is 0.403 e. The first-order chi connectivity index (χ1) is 17.5. The third-order valence-electron chi connectivity index (χ3n) is 8.49. The number of carboxylic acid groups (broad SMARTS) is 2. The minimum absolute atomic E-state index is 0.134. The van der Waals surface area contributed by atoms with Gasteiger partial charge in [-0.05, 0) is 79.5 Å². The highest BCUT2D eigenvalue weighted by Crippen LogP contribution is 2.59. The zero-order valence-corrected chi connectivity index (χ0v) is 22.0. The van der Waals surface area contributed by atoms with Crippen molar-refractivity contribution < 1.29 is 43.3 Å². The number of carbonyl (C=O) groups excluding carboxylic acids is 1. The fourth-order valence-corrected chi connectivity index (χ4v) is 7.69. The Morgan fingerprint density at radius 3 is 2.70 bits per heavy atom. The molecule has 3 aliphatic carbocycles. The number of fused-ring (bicyclic) bond motifs is 5. The van der Waals surface area contributed by atoms with Crippen molar-refractivity contribution in [3.63, 3.8) is 0 Å². The molecule has 2 saturated carbocycles. The number of aliphatic carboxylic acids is 2. The van der Waals surface area contributed by atoms with Crippen LogP contribution in [0.2, 0.25) is 0 Å². The van der Waals surface area contributed by atoms with Gasteiger partial charge < -0.3 is 19.8 Å². The van der Waals surface area contributed by atoms with Gasteiger partial charge in [0.05, 0.1) is 13.2 Å². The third kappa shape index (κ3) is 6.25. The quantitative estimate of drug-likeness (QED) is 0.227. The Labute approximate surface area is 216 Å². The van der Waals surface area contributed by atoms with Gasteiger partial charge in [0.2, 0.25) is 0 Å². The first-order valence-electron chi connectivity index (χ1n) is 13.0. The first kappa shape index (κ1) is 27.8. The van der Waals surface area contributed by atoms with E-state index >= 15 is 0 Å². The normalized spacial score (nSPS) is 28.9. The molecule has 10 nitrogen and oxygen atoms in total. The molecule has 3 aliphatic rings. The summed E-state index contributed by atoms with van der Waals surface area (Å²) in [5, 5.41) is 19.8. The molecule has 4 rings (SSSR count). The summed E-state index contributed by atoms with van der Waals surface area (Å²) in [7, 11) is -4.42. The highest BCUT2D eigenvalue weighted by Gasteiger charge is 2.54. The van der Waals surface area contributed by atoms with Crippen LogP contribution in [0, 0.1) is 17.3 Å². The Morgan fingerprint density at radius 2 is 1.97 bits per heavy atom. The average Bonchev–Trinajstić information content (AvgIpc) is 3.15. The Hall–Kier alpha value is -2.26. The van der Waals surface area contributed by atoms with Crippen molar-refractivity contribution in [3.05, 3.63) is 29.3 Å². The molecule has 0 amide bonds. The van der Waals surface area contributed by atoms with E-state index in [1.165, 1.54) is 11.1 Å². The summed E-state index contributed by atoms with van der Waals surface area (Å²) in [6.45, 7) is 2.28. The first-order valence-corrected chi connectivity index (χ1v) is 14.6. The summed E-state index contributed by atoms with van der Waals surface area (Å²) in [6, 6.07) is 4.66. The number of hydrogen-bond acceptors (Lipinski definition) is 6. The molecule has 0 aromatic heterocycles.